The van der Waals surface area contributed by atoms with Crippen molar-refractivity contribution in [1.82, 2.24) is 5.32 Å². The van der Waals surface area contributed by atoms with E-state index in [1.54, 1.807) is 12.2 Å². The molecule has 1 amide bonds. The van der Waals surface area contributed by atoms with Crippen molar-refractivity contribution in [1.29, 1.82) is 0 Å². The van der Waals surface area contributed by atoms with E-state index < -0.39 is 0 Å². The average Bonchev–Trinajstić information content (AvgIpc) is 2.15. The van der Waals surface area contributed by atoms with E-state index >= 15 is 0 Å². The van der Waals surface area contributed by atoms with E-state index in [0.717, 1.165) is 5.56 Å². The monoisotopic (exact) mass is 189 g/mol. The Bertz CT molecular complexity index is 314. The number of amides is 1. The summed E-state index contributed by atoms with van der Waals surface area (Å²) in [5, 5.41) is 2.79. The third kappa shape index (κ3) is 3.90. The maximum Gasteiger partial charge on any atom is 0.244 e. The summed E-state index contributed by atoms with van der Waals surface area (Å²) in [7, 11) is 0. The summed E-state index contributed by atoms with van der Waals surface area (Å²) in [6.45, 7) is 3.88. The molecule has 1 aromatic rings. The SMILES string of the molecule is CC(C)NC(=O)/C=C\c1ccccc1. The van der Waals surface area contributed by atoms with Crippen LogP contribution >= 0.6 is 0 Å². The molecule has 0 saturated heterocycles. The lowest BCUT2D eigenvalue weighted by Crippen LogP contribution is -2.28. The van der Waals surface area contributed by atoms with E-state index in [1.165, 1.54) is 0 Å². The first kappa shape index (κ1) is 10.5. The molecule has 0 radical (unpaired) electrons. The fourth-order valence-corrected chi connectivity index (χ4v) is 1.07. The second-order valence-electron chi connectivity index (χ2n) is 3.41. The van der Waals surface area contributed by atoms with Gasteiger partial charge in [0.1, 0.15) is 0 Å². The van der Waals surface area contributed by atoms with E-state index in [1.807, 2.05) is 44.2 Å². The topological polar surface area (TPSA) is 29.1 Å². The second kappa shape index (κ2) is 5.22. The minimum absolute atomic E-state index is 0.0520. The van der Waals surface area contributed by atoms with Gasteiger partial charge in [-0.1, -0.05) is 30.3 Å². The molecule has 0 bridgehead atoms. The summed E-state index contributed by atoms with van der Waals surface area (Å²) in [6, 6.07) is 9.94. The highest BCUT2D eigenvalue weighted by Gasteiger charge is 1.96. The molecular weight excluding hydrogens is 174 g/mol. The number of carbonyl (C=O) groups is 1. The number of carbonyl (C=O) groups excluding carboxylic acids is 1. The van der Waals surface area contributed by atoms with Gasteiger partial charge in [-0.2, -0.15) is 0 Å². The smallest absolute Gasteiger partial charge is 0.244 e. The Balaban J connectivity index is 2.52. The summed E-state index contributed by atoms with van der Waals surface area (Å²) in [6.07, 6.45) is 3.35. The largest absolute Gasteiger partial charge is 0.350 e. The van der Waals surface area contributed by atoms with Crippen molar-refractivity contribution in [3.05, 3.63) is 42.0 Å². The standard InChI is InChI=1S/C12H15NO/c1-10(2)13-12(14)9-8-11-6-4-3-5-7-11/h3-10H,1-2H3,(H,13,14)/b9-8-. The van der Waals surface area contributed by atoms with Crippen molar-refractivity contribution in [3.8, 4) is 0 Å². The van der Waals surface area contributed by atoms with Crippen LogP contribution in [0.25, 0.3) is 6.08 Å². The second-order valence-corrected chi connectivity index (χ2v) is 3.41. The van der Waals surface area contributed by atoms with Crippen molar-refractivity contribution < 1.29 is 4.79 Å². The van der Waals surface area contributed by atoms with Crippen LogP contribution in [0.2, 0.25) is 0 Å². The van der Waals surface area contributed by atoms with Crippen molar-refractivity contribution >= 4 is 12.0 Å². The molecule has 2 heteroatoms. The molecule has 0 aromatic heterocycles. The van der Waals surface area contributed by atoms with E-state index in [0.29, 0.717) is 0 Å². The first-order valence-electron chi connectivity index (χ1n) is 4.72. The molecule has 0 spiro atoms. The minimum atomic E-state index is -0.0520. The van der Waals surface area contributed by atoms with Gasteiger partial charge in [-0.25, -0.2) is 0 Å². The predicted octanol–water partition coefficient (Wildman–Crippen LogP) is 2.22. The summed E-state index contributed by atoms with van der Waals surface area (Å²) in [4.78, 5) is 11.2. The number of hydrogen-bond acceptors (Lipinski definition) is 1. The number of hydrogen-bond donors (Lipinski definition) is 1. The highest BCUT2D eigenvalue weighted by Crippen LogP contribution is 2.00. The van der Waals surface area contributed by atoms with Crippen LogP contribution in [0.5, 0.6) is 0 Å². The van der Waals surface area contributed by atoms with Crippen LogP contribution in [0.4, 0.5) is 0 Å². The number of benzene rings is 1. The minimum Gasteiger partial charge on any atom is -0.350 e. The van der Waals surface area contributed by atoms with Crippen molar-refractivity contribution in [2.24, 2.45) is 0 Å². The molecule has 1 N–H and O–H groups in total. The van der Waals surface area contributed by atoms with Gasteiger partial charge in [0.15, 0.2) is 0 Å². The van der Waals surface area contributed by atoms with Crippen LogP contribution in [-0.2, 0) is 4.79 Å². The van der Waals surface area contributed by atoms with Crippen molar-refractivity contribution in [2.45, 2.75) is 19.9 Å². The van der Waals surface area contributed by atoms with E-state index in [2.05, 4.69) is 5.32 Å². The Hall–Kier alpha value is -1.57. The molecule has 1 aromatic carbocycles. The van der Waals surface area contributed by atoms with Gasteiger partial charge in [0.05, 0.1) is 0 Å². The number of nitrogens with one attached hydrogen (secondary N) is 1. The molecule has 0 unspecified atom stereocenters. The zero-order valence-electron chi connectivity index (χ0n) is 8.53. The number of rotatable bonds is 3. The first-order chi connectivity index (χ1) is 6.68. The summed E-state index contributed by atoms with van der Waals surface area (Å²) in [5.74, 6) is -0.0520. The average molecular weight is 189 g/mol. The third-order valence-electron chi connectivity index (χ3n) is 1.66. The molecule has 0 aliphatic carbocycles. The quantitative estimate of drug-likeness (QED) is 0.726. The van der Waals surface area contributed by atoms with Gasteiger partial charge >= 0.3 is 0 Å². The predicted molar refractivity (Wildman–Crippen MR) is 58.8 cm³/mol. The van der Waals surface area contributed by atoms with E-state index in [-0.39, 0.29) is 11.9 Å². The fourth-order valence-electron chi connectivity index (χ4n) is 1.07. The Kier molecular flexibility index (Phi) is 3.92. The summed E-state index contributed by atoms with van der Waals surface area (Å²) < 4.78 is 0. The van der Waals surface area contributed by atoms with Crippen LogP contribution in [0, 0.1) is 0 Å². The molecule has 2 nitrogen and oxygen atoms in total. The lowest BCUT2D eigenvalue weighted by Gasteiger charge is -2.03. The van der Waals surface area contributed by atoms with E-state index in [4.69, 9.17) is 0 Å². The van der Waals surface area contributed by atoms with Crippen LogP contribution in [-0.4, -0.2) is 11.9 Å². The van der Waals surface area contributed by atoms with Crippen molar-refractivity contribution in [2.75, 3.05) is 0 Å². The summed E-state index contributed by atoms with van der Waals surface area (Å²) in [5.41, 5.74) is 1.03. The molecular formula is C12H15NO. The molecule has 74 valence electrons. The molecule has 0 fully saturated rings. The van der Waals surface area contributed by atoms with E-state index in [9.17, 15) is 4.79 Å². The summed E-state index contributed by atoms with van der Waals surface area (Å²) >= 11 is 0. The highest BCUT2D eigenvalue weighted by molar-refractivity contribution is 5.91. The normalized spacial score (nSPS) is 10.8. The lowest BCUT2D eigenvalue weighted by molar-refractivity contribution is -0.116. The molecule has 14 heavy (non-hydrogen) atoms. The van der Waals surface area contributed by atoms with Gasteiger partial charge in [-0.05, 0) is 25.5 Å². The molecule has 0 atom stereocenters. The van der Waals surface area contributed by atoms with Gasteiger partial charge in [0.2, 0.25) is 5.91 Å². The molecule has 0 aliphatic rings. The molecule has 1 rings (SSSR count). The lowest BCUT2D eigenvalue weighted by atomic mass is 10.2. The van der Waals surface area contributed by atoms with Gasteiger partial charge in [0, 0.05) is 12.1 Å². The Morgan fingerprint density at radius 2 is 1.93 bits per heavy atom. The maximum absolute atomic E-state index is 11.2. The maximum atomic E-state index is 11.2. The zero-order chi connectivity index (χ0) is 10.4. The molecule has 0 aliphatic heterocycles. The van der Waals surface area contributed by atoms with Crippen LogP contribution < -0.4 is 5.32 Å². The Morgan fingerprint density at radius 1 is 1.29 bits per heavy atom. The Labute approximate surface area is 84.6 Å². The first-order valence-corrected chi connectivity index (χ1v) is 4.72. The third-order valence-corrected chi connectivity index (χ3v) is 1.66. The fraction of sp³-hybridized carbons (Fsp3) is 0.250. The van der Waals surface area contributed by atoms with Gasteiger partial charge in [-0.15, -0.1) is 0 Å². The van der Waals surface area contributed by atoms with Crippen LogP contribution in [0.15, 0.2) is 36.4 Å². The van der Waals surface area contributed by atoms with Gasteiger partial charge < -0.3 is 5.32 Å². The Morgan fingerprint density at radius 3 is 2.50 bits per heavy atom. The molecule has 0 saturated carbocycles. The van der Waals surface area contributed by atoms with Crippen LogP contribution in [0.3, 0.4) is 0 Å². The van der Waals surface area contributed by atoms with Crippen LogP contribution in [0.1, 0.15) is 19.4 Å². The van der Waals surface area contributed by atoms with Gasteiger partial charge in [-0.3, -0.25) is 4.79 Å². The highest BCUT2D eigenvalue weighted by atomic mass is 16.1. The van der Waals surface area contributed by atoms with Gasteiger partial charge in [0.25, 0.3) is 0 Å². The molecule has 0 heterocycles. The van der Waals surface area contributed by atoms with Crippen molar-refractivity contribution in [3.63, 3.8) is 0 Å². The zero-order valence-corrected chi connectivity index (χ0v) is 8.53.